The first-order valence-electron chi connectivity index (χ1n) is 7.62. The van der Waals surface area contributed by atoms with Crippen molar-refractivity contribution < 1.29 is 23.2 Å². The van der Waals surface area contributed by atoms with Gasteiger partial charge in [0.2, 0.25) is 0 Å². The molecular weight excluding hydrogens is 306 g/mol. The molecular formula is C15H27NO5S. The molecule has 1 saturated heterocycles. The van der Waals surface area contributed by atoms with Crippen LogP contribution in [-0.4, -0.2) is 42.8 Å². The highest BCUT2D eigenvalue weighted by Crippen LogP contribution is 2.17. The standard InChI is InChI=1S/C15H27NO5S/c1-10(16-8-12-5-6-13(17)20-12)11(9-19-22)7-14(18)21-15(2,3)4/h10-12,16,22H,5-9H2,1-4H3. The molecule has 1 heterocycles. The Balaban J connectivity index is 2.43. The number of thiol groups is 1. The lowest BCUT2D eigenvalue weighted by atomic mass is 9.98. The first-order valence-corrected chi connectivity index (χ1v) is 7.99. The predicted molar refractivity (Wildman–Crippen MR) is 85.5 cm³/mol. The van der Waals surface area contributed by atoms with Crippen molar-refractivity contribution in [3.8, 4) is 0 Å². The van der Waals surface area contributed by atoms with E-state index in [1.54, 1.807) is 0 Å². The molecule has 7 heteroatoms. The summed E-state index contributed by atoms with van der Waals surface area (Å²) in [6, 6.07) is 0.0129. The summed E-state index contributed by atoms with van der Waals surface area (Å²) in [6.45, 7) is 8.39. The molecule has 1 fully saturated rings. The van der Waals surface area contributed by atoms with Crippen molar-refractivity contribution in [2.75, 3.05) is 13.2 Å². The Bertz CT molecular complexity index is 383. The molecule has 0 aromatic carbocycles. The molecule has 128 valence electrons. The molecule has 6 nitrogen and oxygen atoms in total. The van der Waals surface area contributed by atoms with Crippen molar-refractivity contribution in [2.45, 2.75) is 64.7 Å². The van der Waals surface area contributed by atoms with Crippen LogP contribution < -0.4 is 5.32 Å². The number of carbonyl (C=O) groups is 2. The van der Waals surface area contributed by atoms with E-state index in [0.29, 0.717) is 19.6 Å². The fourth-order valence-corrected chi connectivity index (χ4v) is 2.47. The third-order valence-electron chi connectivity index (χ3n) is 3.48. The van der Waals surface area contributed by atoms with E-state index in [-0.39, 0.29) is 36.4 Å². The molecule has 1 rings (SSSR count). The Morgan fingerprint density at radius 1 is 1.50 bits per heavy atom. The van der Waals surface area contributed by atoms with Gasteiger partial charge in [-0.1, -0.05) is 0 Å². The van der Waals surface area contributed by atoms with E-state index in [4.69, 9.17) is 13.7 Å². The molecule has 0 aliphatic carbocycles. The third-order valence-corrected chi connectivity index (χ3v) is 3.63. The van der Waals surface area contributed by atoms with Gasteiger partial charge in [-0.05, 0) is 47.0 Å². The average Bonchev–Trinajstić information content (AvgIpc) is 2.79. The fourth-order valence-electron chi connectivity index (χ4n) is 2.28. The summed E-state index contributed by atoms with van der Waals surface area (Å²) < 4.78 is 15.4. The number of ether oxygens (including phenoxy) is 2. The second kappa shape index (κ2) is 8.74. The van der Waals surface area contributed by atoms with E-state index in [9.17, 15) is 9.59 Å². The number of carbonyl (C=O) groups excluding carboxylic acids is 2. The Kier molecular flexibility index (Phi) is 7.65. The van der Waals surface area contributed by atoms with Crippen molar-refractivity contribution >= 4 is 24.8 Å². The van der Waals surface area contributed by atoms with Crippen LogP contribution in [0.2, 0.25) is 0 Å². The molecule has 0 amide bonds. The number of rotatable bonds is 8. The van der Waals surface area contributed by atoms with Gasteiger partial charge in [-0.15, -0.1) is 0 Å². The molecule has 0 aromatic rings. The zero-order valence-electron chi connectivity index (χ0n) is 13.8. The van der Waals surface area contributed by atoms with Crippen LogP contribution in [0.3, 0.4) is 0 Å². The second-order valence-corrected chi connectivity index (χ2v) is 6.95. The Labute approximate surface area is 137 Å². The van der Waals surface area contributed by atoms with Gasteiger partial charge in [0.15, 0.2) is 0 Å². The lowest BCUT2D eigenvalue weighted by molar-refractivity contribution is -0.156. The minimum absolute atomic E-state index is 0.0129. The topological polar surface area (TPSA) is 73.9 Å². The summed E-state index contributed by atoms with van der Waals surface area (Å²) in [5.41, 5.74) is -0.502. The van der Waals surface area contributed by atoms with Crippen LogP contribution in [-0.2, 0) is 23.2 Å². The van der Waals surface area contributed by atoms with E-state index in [1.807, 2.05) is 27.7 Å². The zero-order valence-corrected chi connectivity index (χ0v) is 14.7. The van der Waals surface area contributed by atoms with E-state index >= 15 is 0 Å². The number of nitrogens with one attached hydrogen (secondary N) is 1. The molecule has 0 saturated carbocycles. The van der Waals surface area contributed by atoms with Crippen molar-refractivity contribution in [1.82, 2.24) is 5.32 Å². The Morgan fingerprint density at radius 2 is 2.18 bits per heavy atom. The molecule has 1 aliphatic rings. The van der Waals surface area contributed by atoms with Crippen LogP contribution in [0.25, 0.3) is 0 Å². The van der Waals surface area contributed by atoms with Gasteiger partial charge in [-0.2, -0.15) is 0 Å². The van der Waals surface area contributed by atoms with Gasteiger partial charge < -0.3 is 19.0 Å². The molecule has 1 aliphatic heterocycles. The quantitative estimate of drug-likeness (QED) is 0.401. The van der Waals surface area contributed by atoms with E-state index in [0.717, 1.165) is 6.42 Å². The smallest absolute Gasteiger partial charge is 0.306 e. The van der Waals surface area contributed by atoms with Gasteiger partial charge in [-0.3, -0.25) is 9.59 Å². The van der Waals surface area contributed by atoms with Crippen LogP contribution in [0.15, 0.2) is 0 Å². The third kappa shape index (κ3) is 7.47. The van der Waals surface area contributed by atoms with E-state index < -0.39 is 5.60 Å². The van der Waals surface area contributed by atoms with E-state index in [2.05, 4.69) is 18.2 Å². The normalized spacial score (nSPS) is 21.3. The van der Waals surface area contributed by atoms with Crippen LogP contribution in [0.5, 0.6) is 0 Å². The Hall–Kier alpha value is -0.790. The van der Waals surface area contributed by atoms with Crippen LogP contribution in [0.4, 0.5) is 0 Å². The van der Waals surface area contributed by atoms with Crippen LogP contribution >= 0.6 is 12.9 Å². The number of hydrogen-bond donors (Lipinski definition) is 2. The summed E-state index contributed by atoms with van der Waals surface area (Å²) >= 11 is 3.78. The first kappa shape index (κ1) is 19.3. The summed E-state index contributed by atoms with van der Waals surface area (Å²) in [6.07, 6.45) is 1.37. The summed E-state index contributed by atoms with van der Waals surface area (Å²) in [7, 11) is 0. The molecule has 3 atom stereocenters. The Morgan fingerprint density at radius 3 is 2.68 bits per heavy atom. The highest BCUT2D eigenvalue weighted by atomic mass is 32.1. The van der Waals surface area contributed by atoms with Gasteiger partial charge in [0.05, 0.1) is 13.0 Å². The molecule has 0 bridgehead atoms. The molecule has 3 unspecified atom stereocenters. The summed E-state index contributed by atoms with van der Waals surface area (Å²) in [4.78, 5) is 23.0. The van der Waals surface area contributed by atoms with Crippen LogP contribution in [0, 0.1) is 5.92 Å². The largest absolute Gasteiger partial charge is 0.461 e. The SMILES string of the molecule is CC(NCC1CCC(=O)O1)C(COS)CC(=O)OC(C)(C)C. The lowest BCUT2D eigenvalue weighted by Crippen LogP contribution is -2.41. The number of esters is 2. The molecule has 22 heavy (non-hydrogen) atoms. The average molecular weight is 333 g/mol. The lowest BCUT2D eigenvalue weighted by Gasteiger charge is -2.26. The summed E-state index contributed by atoms with van der Waals surface area (Å²) in [5, 5.41) is 3.30. The van der Waals surface area contributed by atoms with Gasteiger partial charge in [0.25, 0.3) is 0 Å². The van der Waals surface area contributed by atoms with Gasteiger partial charge in [0, 0.05) is 24.9 Å². The van der Waals surface area contributed by atoms with Gasteiger partial charge in [-0.25, -0.2) is 0 Å². The number of hydrogen-bond acceptors (Lipinski definition) is 7. The minimum Gasteiger partial charge on any atom is -0.461 e. The van der Waals surface area contributed by atoms with E-state index in [1.165, 1.54) is 0 Å². The number of cyclic esters (lactones) is 1. The van der Waals surface area contributed by atoms with Crippen molar-refractivity contribution in [3.05, 3.63) is 0 Å². The molecule has 0 radical (unpaired) electrons. The van der Waals surface area contributed by atoms with Crippen LogP contribution in [0.1, 0.15) is 47.0 Å². The molecule has 1 N–H and O–H groups in total. The fraction of sp³-hybridized carbons (Fsp3) is 0.867. The first-order chi connectivity index (χ1) is 10.2. The maximum absolute atomic E-state index is 12.0. The minimum atomic E-state index is -0.502. The highest BCUT2D eigenvalue weighted by Gasteiger charge is 2.27. The van der Waals surface area contributed by atoms with Crippen molar-refractivity contribution in [2.24, 2.45) is 5.92 Å². The maximum Gasteiger partial charge on any atom is 0.306 e. The summed E-state index contributed by atoms with van der Waals surface area (Å²) in [5.74, 6) is -0.475. The van der Waals surface area contributed by atoms with Gasteiger partial charge in [0.1, 0.15) is 11.7 Å². The second-order valence-electron chi connectivity index (χ2n) is 6.69. The highest BCUT2D eigenvalue weighted by molar-refractivity contribution is 7.75. The monoisotopic (exact) mass is 333 g/mol. The van der Waals surface area contributed by atoms with Gasteiger partial charge >= 0.3 is 11.9 Å². The molecule has 0 aromatic heterocycles. The van der Waals surface area contributed by atoms with Crippen molar-refractivity contribution in [3.63, 3.8) is 0 Å². The zero-order chi connectivity index (χ0) is 16.8. The van der Waals surface area contributed by atoms with Crippen molar-refractivity contribution in [1.29, 1.82) is 0 Å². The maximum atomic E-state index is 12.0. The molecule has 0 spiro atoms. The predicted octanol–water partition coefficient (Wildman–Crippen LogP) is 1.88.